The smallest absolute Gasteiger partial charge is 0.374 e. The fourth-order valence-corrected chi connectivity index (χ4v) is 1.51. The van der Waals surface area contributed by atoms with Crippen LogP contribution in [0.4, 0.5) is 13.2 Å². The first-order valence-corrected chi connectivity index (χ1v) is 5.59. The van der Waals surface area contributed by atoms with Crippen LogP contribution < -0.4 is 5.32 Å². The van der Waals surface area contributed by atoms with Crippen LogP contribution in [-0.4, -0.2) is 69.6 Å². The lowest BCUT2D eigenvalue weighted by Crippen LogP contribution is -2.46. The van der Waals surface area contributed by atoms with Crippen molar-refractivity contribution in [3.63, 3.8) is 0 Å². The van der Waals surface area contributed by atoms with E-state index in [9.17, 15) is 18.0 Å². The van der Waals surface area contributed by atoms with Crippen molar-refractivity contribution in [1.82, 2.24) is 10.2 Å². The Morgan fingerprint density at radius 1 is 1.56 bits per heavy atom. The third-order valence-electron chi connectivity index (χ3n) is 2.40. The van der Waals surface area contributed by atoms with Crippen LogP contribution >= 0.6 is 0 Å². The SMILES string of the molecule is CN(CC1CNCCO1)C(=O)COCC(F)(F)F. The molecule has 1 amide bonds. The van der Waals surface area contributed by atoms with Gasteiger partial charge in [0.05, 0.1) is 12.7 Å². The third-order valence-corrected chi connectivity index (χ3v) is 2.40. The molecular weight excluding hydrogens is 253 g/mol. The van der Waals surface area contributed by atoms with Crippen molar-refractivity contribution in [1.29, 1.82) is 0 Å². The fourth-order valence-electron chi connectivity index (χ4n) is 1.51. The number of rotatable bonds is 5. The number of amides is 1. The summed E-state index contributed by atoms with van der Waals surface area (Å²) < 4.78 is 45.1. The molecule has 106 valence electrons. The highest BCUT2D eigenvalue weighted by atomic mass is 19.4. The van der Waals surface area contributed by atoms with E-state index in [2.05, 4.69) is 10.1 Å². The first-order chi connectivity index (χ1) is 8.38. The molecule has 1 heterocycles. The number of nitrogens with zero attached hydrogens (tertiary/aromatic N) is 1. The van der Waals surface area contributed by atoms with E-state index in [0.717, 1.165) is 6.54 Å². The van der Waals surface area contributed by atoms with Gasteiger partial charge in [-0.25, -0.2) is 0 Å². The quantitative estimate of drug-likeness (QED) is 0.765. The molecule has 1 rings (SSSR count). The molecule has 1 atom stereocenters. The molecule has 1 aliphatic heterocycles. The Hall–Kier alpha value is -0.860. The number of carbonyl (C=O) groups excluding carboxylic acids is 1. The van der Waals surface area contributed by atoms with E-state index in [1.165, 1.54) is 11.9 Å². The summed E-state index contributed by atoms with van der Waals surface area (Å²) in [5.74, 6) is -0.492. The average molecular weight is 270 g/mol. The number of hydrogen-bond donors (Lipinski definition) is 1. The Morgan fingerprint density at radius 2 is 2.28 bits per heavy atom. The van der Waals surface area contributed by atoms with Gasteiger partial charge in [0.1, 0.15) is 13.2 Å². The molecule has 18 heavy (non-hydrogen) atoms. The number of carbonyl (C=O) groups is 1. The van der Waals surface area contributed by atoms with Gasteiger partial charge in [0.15, 0.2) is 0 Å². The molecule has 0 saturated carbocycles. The second kappa shape index (κ2) is 6.91. The predicted octanol–water partition coefficient (Wildman–Crippen LogP) is 0.0121. The zero-order chi connectivity index (χ0) is 13.6. The number of likely N-dealkylation sites (N-methyl/N-ethyl adjacent to an activating group) is 1. The summed E-state index contributed by atoms with van der Waals surface area (Å²) in [4.78, 5) is 12.8. The topological polar surface area (TPSA) is 50.8 Å². The maximum absolute atomic E-state index is 11.8. The average Bonchev–Trinajstić information content (AvgIpc) is 2.28. The highest BCUT2D eigenvalue weighted by Crippen LogP contribution is 2.14. The lowest BCUT2D eigenvalue weighted by atomic mass is 10.3. The number of hydrogen-bond acceptors (Lipinski definition) is 4. The van der Waals surface area contributed by atoms with Gasteiger partial charge in [-0.15, -0.1) is 0 Å². The summed E-state index contributed by atoms with van der Waals surface area (Å²) in [7, 11) is 1.51. The van der Waals surface area contributed by atoms with Crippen LogP contribution in [0, 0.1) is 0 Å². The summed E-state index contributed by atoms with van der Waals surface area (Å²) in [6, 6.07) is 0. The molecule has 0 aromatic heterocycles. The Balaban J connectivity index is 2.19. The molecule has 1 aliphatic rings. The molecule has 0 spiro atoms. The van der Waals surface area contributed by atoms with Crippen LogP contribution in [0.3, 0.4) is 0 Å². The minimum atomic E-state index is -4.41. The van der Waals surface area contributed by atoms with Gasteiger partial charge in [-0.05, 0) is 0 Å². The number of morpholine rings is 1. The predicted molar refractivity (Wildman–Crippen MR) is 57.1 cm³/mol. The van der Waals surface area contributed by atoms with E-state index in [0.29, 0.717) is 19.7 Å². The molecule has 1 unspecified atom stereocenters. The Labute approximate surface area is 103 Å². The lowest BCUT2D eigenvalue weighted by molar-refractivity contribution is -0.177. The summed E-state index contributed by atoms with van der Waals surface area (Å²) in [5, 5.41) is 3.10. The van der Waals surface area contributed by atoms with Crippen molar-refractivity contribution in [3.05, 3.63) is 0 Å². The summed E-state index contributed by atoms with van der Waals surface area (Å²) in [6.07, 6.45) is -4.54. The fraction of sp³-hybridized carbons (Fsp3) is 0.900. The molecule has 1 N–H and O–H groups in total. The molecule has 1 saturated heterocycles. The maximum atomic E-state index is 11.8. The molecule has 8 heteroatoms. The van der Waals surface area contributed by atoms with Gasteiger partial charge in [-0.3, -0.25) is 4.79 Å². The van der Waals surface area contributed by atoms with Crippen molar-refractivity contribution >= 4 is 5.91 Å². The molecule has 0 radical (unpaired) electrons. The largest absolute Gasteiger partial charge is 0.411 e. The molecule has 5 nitrogen and oxygen atoms in total. The van der Waals surface area contributed by atoms with Crippen molar-refractivity contribution in [2.75, 3.05) is 46.5 Å². The monoisotopic (exact) mass is 270 g/mol. The van der Waals surface area contributed by atoms with Gasteiger partial charge in [-0.1, -0.05) is 0 Å². The number of halogens is 3. The summed E-state index contributed by atoms with van der Waals surface area (Å²) in [5.41, 5.74) is 0. The van der Waals surface area contributed by atoms with Crippen molar-refractivity contribution in [2.45, 2.75) is 12.3 Å². The third kappa shape index (κ3) is 6.18. The standard InChI is InChI=1S/C10H17F3N2O3/c1-15(5-8-4-14-2-3-18-8)9(16)6-17-7-10(11,12)13/h8,14H,2-7H2,1H3. The van der Waals surface area contributed by atoms with Gasteiger partial charge >= 0.3 is 6.18 Å². The van der Waals surface area contributed by atoms with Crippen LogP contribution in [0.15, 0.2) is 0 Å². The number of ether oxygens (including phenoxy) is 2. The Morgan fingerprint density at radius 3 is 2.83 bits per heavy atom. The minimum Gasteiger partial charge on any atom is -0.374 e. The highest BCUT2D eigenvalue weighted by molar-refractivity contribution is 5.77. The van der Waals surface area contributed by atoms with E-state index in [-0.39, 0.29) is 6.10 Å². The minimum absolute atomic E-state index is 0.129. The van der Waals surface area contributed by atoms with Gasteiger partial charge in [-0.2, -0.15) is 13.2 Å². The lowest BCUT2D eigenvalue weighted by Gasteiger charge is -2.28. The summed E-state index contributed by atoms with van der Waals surface area (Å²) in [6.45, 7) is 0.312. The van der Waals surface area contributed by atoms with Crippen LogP contribution in [0.2, 0.25) is 0 Å². The first kappa shape index (κ1) is 15.2. The highest BCUT2D eigenvalue weighted by Gasteiger charge is 2.28. The Kier molecular flexibility index (Phi) is 5.83. The van der Waals surface area contributed by atoms with Gasteiger partial charge in [0, 0.05) is 26.7 Å². The Bertz CT molecular complexity index is 268. The van der Waals surface area contributed by atoms with Crippen LogP contribution in [-0.2, 0) is 14.3 Å². The van der Waals surface area contributed by atoms with Crippen molar-refractivity contribution in [2.24, 2.45) is 0 Å². The van der Waals surface area contributed by atoms with Crippen LogP contribution in [0.5, 0.6) is 0 Å². The van der Waals surface area contributed by atoms with Gasteiger partial charge in [0.25, 0.3) is 0 Å². The van der Waals surface area contributed by atoms with E-state index in [1.807, 2.05) is 0 Å². The molecular formula is C10H17F3N2O3. The van der Waals surface area contributed by atoms with E-state index < -0.39 is 25.3 Å². The zero-order valence-corrected chi connectivity index (χ0v) is 10.1. The maximum Gasteiger partial charge on any atom is 0.411 e. The van der Waals surface area contributed by atoms with Gasteiger partial charge < -0.3 is 19.7 Å². The van der Waals surface area contributed by atoms with E-state index in [4.69, 9.17) is 4.74 Å². The van der Waals surface area contributed by atoms with Crippen molar-refractivity contribution < 1.29 is 27.4 Å². The number of nitrogens with one attached hydrogen (secondary N) is 1. The molecule has 0 aromatic rings. The number of alkyl halides is 3. The van der Waals surface area contributed by atoms with Crippen LogP contribution in [0.25, 0.3) is 0 Å². The zero-order valence-electron chi connectivity index (χ0n) is 10.1. The molecule has 0 aromatic carbocycles. The second-order valence-electron chi connectivity index (χ2n) is 4.08. The first-order valence-electron chi connectivity index (χ1n) is 5.59. The summed E-state index contributed by atoms with van der Waals surface area (Å²) >= 11 is 0. The van der Waals surface area contributed by atoms with Crippen molar-refractivity contribution in [3.8, 4) is 0 Å². The molecule has 0 aliphatic carbocycles. The normalized spacial score (nSPS) is 20.8. The van der Waals surface area contributed by atoms with E-state index in [1.54, 1.807) is 0 Å². The molecule has 0 bridgehead atoms. The van der Waals surface area contributed by atoms with Crippen LogP contribution in [0.1, 0.15) is 0 Å². The van der Waals surface area contributed by atoms with Gasteiger partial charge in [0.2, 0.25) is 5.91 Å². The second-order valence-corrected chi connectivity index (χ2v) is 4.08. The van der Waals surface area contributed by atoms with E-state index >= 15 is 0 Å². The molecule has 1 fully saturated rings.